The number of carbonyl (C=O) groups is 1. The van der Waals surface area contributed by atoms with E-state index < -0.39 is 15.6 Å². The molecular weight excluding hydrogens is 488 g/mol. The van der Waals surface area contributed by atoms with Crippen LogP contribution in [0.5, 0.6) is 0 Å². The highest BCUT2D eigenvalue weighted by molar-refractivity contribution is 7.88. The van der Waals surface area contributed by atoms with Crippen molar-refractivity contribution in [2.45, 2.75) is 30.6 Å². The summed E-state index contributed by atoms with van der Waals surface area (Å²) in [7, 11) is -3.41. The Morgan fingerprint density at radius 2 is 1.60 bits per heavy atom. The zero-order valence-corrected chi connectivity index (χ0v) is 21.0. The van der Waals surface area contributed by atoms with Crippen LogP contribution in [0.4, 0.5) is 5.69 Å². The molecule has 3 aliphatic rings. The normalized spacial score (nSPS) is 20.5. The molecule has 10 heteroatoms. The molecule has 2 aromatic carbocycles. The highest BCUT2D eigenvalue weighted by atomic mass is 35.5. The van der Waals surface area contributed by atoms with Crippen molar-refractivity contribution in [1.29, 1.82) is 0 Å². The van der Waals surface area contributed by atoms with E-state index in [0.29, 0.717) is 56.2 Å². The predicted molar refractivity (Wildman–Crippen MR) is 136 cm³/mol. The van der Waals surface area contributed by atoms with Crippen LogP contribution in [-0.2, 0) is 25.4 Å². The standard InChI is InChI=1S/C25H29ClN4O4S/c26-21-6-8-22(9-7-21)28-14-16-29(17-15-28)24(31)23-18-25(34-27-23)10-12-30(13-11-25)35(32,33)19-20-4-2-1-3-5-20/h1-9H,10-19H2. The van der Waals surface area contributed by atoms with Crippen LogP contribution in [0.1, 0.15) is 24.8 Å². The molecule has 0 radical (unpaired) electrons. The fourth-order valence-corrected chi connectivity index (χ4v) is 6.62. The molecule has 3 aliphatic heterocycles. The molecule has 2 aromatic rings. The van der Waals surface area contributed by atoms with Gasteiger partial charge in [-0.2, -0.15) is 0 Å². The molecule has 1 amide bonds. The maximum absolute atomic E-state index is 13.1. The highest BCUT2D eigenvalue weighted by Gasteiger charge is 2.46. The van der Waals surface area contributed by atoms with Crippen LogP contribution in [0.3, 0.4) is 0 Å². The summed E-state index contributed by atoms with van der Waals surface area (Å²) in [5.41, 5.74) is 1.72. The van der Waals surface area contributed by atoms with E-state index in [1.165, 1.54) is 4.31 Å². The van der Waals surface area contributed by atoms with Gasteiger partial charge in [-0.05, 0) is 29.8 Å². The topological polar surface area (TPSA) is 82.5 Å². The Morgan fingerprint density at radius 1 is 0.943 bits per heavy atom. The lowest BCUT2D eigenvalue weighted by Gasteiger charge is -2.37. The number of piperidine rings is 1. The summed E-state index contributed by atoms with van der Waals surface area (Å²) >= 11 is 5.98. The molecule has 2 saturated heterocycles. The molecule has 1 spiro atoms. The molecule has 3 heterocycles. The van der Waals surface area contributed by atoms with E-state index in [1.54, 1.807) is 0 Å². The Bertz CT molecular complexity index is 1190. The average Bonchev–Trinajstić information content (AvgIpc) is 3.28. The van der Waals surface area contributed by atoms with E-state index in [9.17, 15) is 13.2 Å². The van der Waals surface area contributed by atoms with Crippen LogP contribution < -0.4 is 4.90 Å². The second-order valence-electron chi connectivity index (χ2n) is 9.39. The van der Waals surface area contributed by atoms with Gasteiger partial charge in [-0.25, -0.2) is 12.7 Å². The highest BCUT2D eigenvalue weighted by Crippen LogP contribution is 2.36. The van der Waals surface area contributed by atoms with E-state index in [2.05, 4.69) is 10.1 Å². The van der Waals surface area contributed by atoms with Crippen LogP contribution in [0.2, 0.25) is 5.02 Å². The summed E-state index contributed by atoms with van der Waals surface area (Å²) < 4.78 is 27.3. The first-order valence-corrected chi connectivity index (χ1v) is 13.9. The van der Waals surface area contributed by atoms with Crippen molar-refractivity contribution >= 4 is 38.9 Å². The second kappa shape index (κ2) is 9.79. The van der Waals surface area contributed by atoms with Gasteiger partial charge in [0, 0.05) is 69.2 Å². The number of amides is 1. The van der Waals surface area contributed by atoms with Crippen molar-refractivity contribution in [2.24, 2.45) is 5.16 Å². The maximum Gasteiger partial charge on any atom is 0.271 e. The van der Waals surface area contributed by atoms with E-state index in [-0.39, 0.29) is 11.7 Å². The first kappa shape index (κ1) is 24.1. The fourth-order valence-electron chi connectivity index (χ4n) is 4.95. The Morgan fingerprint density at radius 3 is 2.26 bits per heavy atom. The zero-order valence-electron chi connectivity index (χ0n) is 19.5. The first-order valence-electron chi connectivity index (χ1n) is 11.9. The summed E-state index contributed by atoms with van der Waals surface area (Å²) in [6.45, 7) is 3.43. The largest absolute Gasteiger partial charge is 0.388 e. The van der Waals surface area contributed by atoms with Crippen LogP contribution >= 0.6 is 11.6 Å². The number of nitrogens with zero attached hydrogens (tertiary/aromatic N) is 4. The number of anilines is 1. The Balaban J connectivity index is 1.12. The third-order valence-electron chi connectivity index (χ3n) is 7.06. The molecule has 0 aliphatic carbocycles. The van der Waals surface area contributed by atoms with Gasteiger partial charge in [-0.15, -0.1) is 0 Å². The molecule has 0 unspecified atom stereocenters. The van der Waals surface area contributed by atoms with Gasteiger partial charge in [0.1, 0.15) is 11.3 Å². The Labute approximate surface area is 211 Å². The minimum Gasteiger partial charge on any atom is -0.388 e. The molecule has 0 N–H and O–H groups in total. The monoisotopic (exact) mass is 516 g/mol. The van der Waals surface area contributed by atoms with Crippen LogP contribution in [0, 0.1) is 0 Å². The van der Waals surface area contributed by atoms with Crippen molar-refractivity contribution < 1.29 is 18.0 Å². The predicted octanol–water partition coefficient (Wildman–Crippen LogP) is 3.13. The average molecular weight is 517 g/mol. The van der Waals surface area contributed by atoms with Crippen molar-refractivity contribution in [3.05, 3.63) is 65.2 Å². The molecule has 0 aromatic heterocycles. The molecule has 35 heavy (non-hydrogen) atoms. The van der Waals surface area contributed by atoms with Gasteiger partial charge in [0.25, 0.3) is 5.91 Å². The van der Waals surface area contributed by atoms with Gasteiger partial charge in [0.2, 0.25) is 10.0 Å². The molecule has 0 bridgehead atoms. The fraction of sp³-hybridized carbons (Fsp3) is 0.440. The molecule has 8 nitrogen and oxygen atoms in total. The molecule has 5 rings (SSSR count). The summed E-state index contributed by atoms with van der Waals surface area (Å²) in [5, 5.41) is 4.86. The number of hydrogen-bond acceptors (Lipinski definition) is 6. The number of carbonyl (C=O) groups excluding carboxylic acids is 1. The summed E-state index contributed by atoms with van der Waals surface area (Å²) in [6.07, 6.45) is 1.47. The number of halogens is 1. The SMILES string of the molecule is O=C(C1=NOC2(CCN(S(=O)(=O)Cc3ccccc3)CC2)C1)N1CCN(c2ccc(Cl)cc2)CC1. The van der Waals surface area contributed by atoms with Gasteiger partial charge in [-0.3, -0.25) is 4.79 Å². The van der Waals surface area contributed by atoms with Crippen LogP contribution in [0.25, 0.3) is 0 Å². The lowest BCUT2D eigenvalue weighted by molar-refractivity contribution is -0.124. The zero-order chi connectivity index (χ0) is 24.5. The lowest BCUT2D eigenvalue weighted by atomic mass is 9.87. The molecule has 2 fully saturated rings. The summed E-state index contributed by atoms with van der Waals surface area (Å²) in [6, 6.07) is 16.9. The molecule has 0 atom stereocenters. The van der Waals surface area contributed by atoms with E-state index >= 15 is 0 Å². The second-order valence-corrected chi connectivity index (χ2v) is 11.8. The van der Waals surface area contributed by atoms with Crippen LogP contribution in [0.15, 0.2) is 59.8 Å². The Kier molecular flexibility index (Phi) is 6.74. The van der Waals surface area contributed by atoms with Gasteiger partial charge in [0.15, 0.2) is 0 Å². The first-order chi connectivity index (χ1) is 16.8. The minimum absolute atomic E-state index is 0.00999. The smallest absolute Gasteiger partial charge is 0.271 e. The quantitative estimate of drug-likeness (QED) is 0.610. The van der Waals surface area contributed by atoms with Gasteiger partial charge >= 0.3 is 0 Å². The Hall–Kier alpha value is -2.62. The van der Waals surface area contributed by atoms with Gasteiger partial charge < -0.3 is 14.6 Å². The van der Waals surface area contributed by atoms with Crippen LogP contribution in [-0.4, -0.2) is 74.1 Å². The van der Waals surface area contributed by atoms with Gasteiger partial charge in [0.05, 0.1) is 5.75 Å². The van der Waals surface area contributed by atoms with E-state index in [1.807, 2.05) is 59.5 Å². The number of benzene rings is 2. The van der Waals surface area contributed by atoms with Crippen molar-refractivity contribution in [3.8, 4) is 0 Å². The summed E-state index contributed by atoms with van der Waals surface area (Å²) in [5.74, 6) is -0.0963. The van der Waals surface area contributed by atoms with Crippen molar-refractivity contribution in [3.63, 3.8) is 0 Å². The minimum atomic E-state index is -3.41. The van der Waals surface area contributed by atoms with Crippen molar-refractivity contribution in [2.75, 3.05) is 44.2 Å². The number of oxime groups is 1. The van der Waals surface area contributed by atoms with Crippen molar-refractivity contribution in [1.82, 2.24) is 9.21 Å². The maximum atomic E-state index is 13.1. The lowest BCUT2D eigenvalue weighted by Crippen LogP contribution is -2.51. The van der Waals surface area contributed by atoms with E-state index in [4.69, 9.17) is 16.4 Å². The summed E-state index contributed by atoms with van der Waals surface area (Å²) in [4.78, 5) is 23.0. The third kappa shape index (κ3) is 5.32. The van der Waals surface area contributed by atoms with Gasteiger partial charge in [-0.1, -0.05) is 47.1 Å². The van der Waals surface area contributed by atoms with E-state index in [0.717, 1.165) is 24.3 Å². The third-order valence-corrected chi connectivity index (χ3v) is 9.17. The number of piperazine rings is 1. The molecular formula is C25H29ClN4O4S. The number of rotatable bonds is 5. The number of sulfonamides is 1. The molecule has 186 valence electrons. The molecule has 0 saturated carbocycles. The number of hydrogen-bond donors (Lipinski definition) is 0.